The van der Waals surface area contributed by atoms with Crippen LogP contribution < -0.4 is 0 Å². The van der Waals surface area contributed by atoms with E-state index in [2.05, 4.69) is 9.97 Å². The number of fused-ring (bicyclic) bond motifs is 4. The molecule has 156 valence electrons. The number of esters is 2. The summed E-state index contributed by atoms with van der Waals surface area (Å²) in [4.78, 5) is 60.3. The van der Waals surface area contributed by atoms with E-state index >= 15 is 0 Å². The zero-order chi connectivity index (χ0) is 21.7. The Morgan fingerprint density at radius 2 is 1.03 bits per heavy atom. The molecule has 10 nitrogen and oxygen atoms in total. The van der Waals surface area contributed by atoms with Gasteiger partial charge in [-0.3, -0.25) is 9.59 Å². The van der Waals surface area contributed by atoms with Crippen molar-refractivity contribution in [2.45, 2.75) is 0 Å². The van der Waals surface area contributed by atoms with Crippen LogP contribution in [0.5, 0.6) is 0 Å². The van der Waals surface area contributed by atoms with Crippen LogP contribution in [0.3, 0.4) is 0 Å². The molecule has 2 amide bonds. The van der Waals surface area contributed by atoms with Crippen LogP contribution in [0.1, 0.15) is 42.0 Å². The first-order valence-electron chi connectivity index (χ1n) is 9.16. The van der Waals surface area contributed by atoms with Crippen LogP contribution in [0.2, 0.25) is 0 Å². The van der Waals surface area contributed by atoms with Gasteiger partial charge in [-0.25, -0.2) is 19.6 Å². The number of aromatic nitrogens is 2. The molecular weight excluding hydrogens is 392 g/mol. The molecule has 0 saturated heterocycles. The second-order valence-electron chi connectivity index (χ2n) is 6.54. The van der Waals surface area contributed by atoms with Crippen molar-refractivity contribution in [1.82, 2.24) is 19.8 Å². The third kappa shape index (κ3) is 4.77. The number of rotatable bonds is 0. The summed E-state index contributed by atoms with van der Waals surface area (Å²) in [6.07, 6.45) is 0. The second-order valence-corrected chi connectivity index (χ2v) is 6.54. The van der Waals surface area contributed by atoms with Gasteiger partial charge in [-0.1, -0.05) is 12.1 Å². The van der Waals surface area contributed by atoms with Gasteiger partial charge in [-0.05, 0) is 24.3 Å². The number of hydrogen-bond acceptors (Lipinski definition) is 8. The van der Waals surface area contributed by atoms with Gasteiger partial charge in [0.1, 0.15) is 36.0 Å². The largest absolute Gasteiger partial charge is 0.459 e. The number of nitrogens with zero attached hydrogens (tertiary/aromatic N) is 4. The number of likely N-dealkylation sites (N-methyl/N-ethyl adjacent to an activating group) is 2. The lowest BCUT2D eigenvalue weighted by atomic mass is 10.2. The Morgan fingerprint density at radius 3 is 1.47 bits per heavy atom. The quantitative estimate of drug-likeness (QED) is 0.579. The lowest BCUT2D eigenvalue weighted by Gasteiger charge is -2.19. The van der Waals surface area contributed by atoms with Gasteiger partial charge in [0, 0.05) is 14.1 Å². The maximum atomic E-state index is 12.6. The van der Waals surface area contributed by atoms with Gasteiger partial charge in [0.05, 0.1) is 13.1 Å². The first kappa shape index (κ1) is 20.9. The van der Waals surface area contributed by atoms with Crippen molar-refractivity contribution in [3.63, 3.8) is 0 Å². The maximum Gasteiger partial charge on any atom is 0.357 e. The number of hydrogen-bond donors (Lipinski definition) is 0. The number of cyclic esters (lactones) is 2. The van der Waals surface area contributed by atoms with E-state index in [1.165, 1.54) is 54.2 Å². The molecule has 3 rings (SSSR count). The number of amides is 2. The lowest BCUT2D eigenvalue weighted by molar-refractivity contribution is 0.0431. The summed E-state index contributed by atoms with van der Waals surface area (Å²) in [5.74, 6) is -2.29. The molecule has 0 radical (unpaired) electrons. The summed E-state index contributed by atoms with van der Waals surface area (Å²) < 4.78 is 10.3. The smallest absolute Gasteiger partial charge is 0.357 e. The minimum Gasteiger partial charge on any atom is -0.459 e. The maximum absolute atomic E-state index is 12.6. The van der Waals surface area contributed by atoms with Crippen LogP contribution in [0.4, 0.5) is 0 Å². The molecule has 2 aromatic heterocycles. The molecule has 30 heavy (non-hydrogen) atoms. The average molecular weight is 412 g/mol. The Bertz CT molecular complexity index is 922. The fourth-order valence-corrected chi connectivity index (χ4v) is 2.63. The molecule has 0 unspecified atom stereocenters. The minimum absolute atomic E-state index is 0.0544. The first-order chi connectivity index (χ1) is 14.4. The van der Waals surface area contributed by atoms with Gasteiger partial charge >= 0.3 is 11.9 Å². The average Bonchev–Trinajstić information content (AvgIpc) is 2.77. The second kappa shape index (κ2) is 9.12. The number of carbonyl (C=O) groups excluding carboxylic acids is 4. The Morgan fingerprint density at radius 1 is 0.667 bits per heavy atom. The van der Waals surface area contributed by atoms with E-state index in [-0.39, 0.29) is 49.1 Å². The Hall–Kier alpha value is -3.82. The molecule has 10 heteroatoms. The minimum atomic E-state index is -0.725. The normalized spacial score (nSPS) is 16.5. The van der Waals surface area contributed by atoms with Crippen molar-refractivity contribution in [3.05, 3.63) is 59.2 Å². The third-order valence-electron chi connectivity index (χ3n) is 4.37. The fourth-order valence-electron chi connectivity index (χ4n) is 2.63. The first-order valence-corrected chi connectivity index (χ1v) is 9.16. The molecule has 3 heterocycles. The molecule has 0 aromatic carbocycles. The third-order valence-corrected chi connectivity index (χ3v) is 4.37. The van der Waals surface area contributed by atoms with E-state index in [1.54, 1.807) is 6.07 Å². The van der Waals surface area contributed by atoms with Gasteiger partial charge in [0.15, 0.2) is 0 Å². The Kier molecular flexibility index (Phi) is 6.35. The number of ether oxygens (including phenoxy) is 2. The van der Waals surface area contributed by atoms with Crippen LogP contribution in [0.15, 0.2) is 36.4 Å². The molecule has 0 N–H and O–H groups in total. The highest BCUT2D eigenvalue weighted by atomic mass is 16.5. The molecular formula is C20H20N4O6. The molecule has 1 aliphatic rings. The van der Waals surface area contributed by atoms with Gasteiger partial charge in [-0.15, -0.1) is 0 Å². The van der Waals surface area contributed by atoms with Crippen LogP contribution >= 0.6 is 0 Å². The summed E-state index contributed by atoms with van der Waals surface area (Å²) in [7, 11) is 3.07. The van der Waals surface area contributed by atoms with E-state index < -0.39 is 23.8 Å². The molecule has 1 aliphatic heterocycles. The highest BCUT2D eigenvalue weighted by Crippen LogP contribution is 2.08. The number of pyridine rings is 2. The van der Waals surface area contributed by atoms with Crippen LogP contribution in [-0.4, -0.2) is 83.9 Å². The van der Waals surface area contributed by atoms with Gasteiger partial charge in [0.25, 0.3) is 11.8 Å². The van der Waals surface area contributed by atoms with Crippen molar-refractivity contribution in [2.24, 2.45) is 0 Å². The summed E-state index contributed by atoms with van der Waals surface area (Å²) in [6, 6.07) is 8.87. The van der Waals surface area contributed by atoms with E-state index in [9.17, 15) is 19.2 Å². The van der Waals surface area contributed by atoms with E-state index in [4.69, 9.17) is 9.47 Å². The predicted octanol–water partition coefficient (Wildman–Crippen LogP) is 0.648. The molecule has 0 spiro atoms. The highest BCUT2D eigenvalue weighted by Gasteiger charge is 2.20. The standard InChI is InChI=1S/C20H20N4O6/c1-23-9-11-29-19(27)15-7-4-8-16(22-15)20(28)30-12-10-24(2)18(26)14-6-3-5-13(21-14)17(23)25/h3-8H,9-12H2,1-2H3. The van der Waals surface area contributed by atoms with Crippen LogP contribution in [-0.2, 0) is 9.47 Å². The summed E-state index contributed by atoms with van der Waals surface area (Å²) >= 11 is 0. The topological polar surface area (TPSA) is 119 Å². The summed E-state index contributed by atoms with van der Waals surface area (Å²) in [5.41, 5.74) is 0.0670. The monoisotopic (exact) mass is 412 g/mol. The Labute approximate surface area is 172 Å². The molecule has 0 aliphatic carbocycles. The van der Waals surface area contributed by atoms with E-state index in [1.807, 2.05) is 0 Å². The van der Waals surface area contributed by atoms with Crippen molar-refractivity contribution in [2.75, 3.05) is 40.4 Å². The Balaban J connectivity index is 1.86. The summed E-state index contributed by atoms with van der Waals surface area (Å²) in [6.45, 7) is 0.0374. The molecule has 0 fully saturated rings. The van der Waals surface area contributed by atoms with Crippen LogP contribution in [0.25, 0.3) is 0 Å². The molecule has 2 aromatic rings. The van der Waals surface area contributed by atoms with Crippen molar-refractivity contribution in [1.29, 1.82) is 0 Å². The van der Waals surface area contributed by atoms with Gasteiger partial charge in [0.2, 0.25) is 0 Å². The molecule has 0 atom stereocenters. The van der Waals surface area contributed by atoms with E-state index in [0.29, 0.717) is 0 Å². The lowest BCUT2D eigenvalue weighted by Crippen LogP contribution is -2.34. The van der Waals surface area contributed by atoms with E-state index in [0.717, 1.165) is 0 Å². The molecule has 0 saturated carbocycles. The fraction of sp³-hybridized carbons (Fsp3) is 0.300. The van der Waals surface area contributed by atoms with Crippen molar-refractivity contribution in [3.8, 4) is 0 Å². The molecule has 4 bridgehead atoms. The highest BCUT2D eigenvalue weighted by molar-refractivity contribution is 5.96. The SMILES string of the molecule is CN1CCOC(=O)c2cccc(n2)C(=O)OCCN(C)C(=O)c2cccc(n2)C1=O. The van der Waals surface area contributed by atoms with Crippen molar-refractivity contribution >= 4 is 23.8 Å². The zero-order valence-electron chi connectivity index (χ0n) is 16.5. The van der Waals surface area contributed by atoms with Gasteiger partial charge < -0.3 is 19.3 Å². The van der Waals surface area contributed by atoms with Crippen LogP contribution in [0, 0.1) is 0 Å². The zero-order valence-corrected chi connectivity index (χ0v) is 16.5. The number of carbonyl (C=O) groups is 4. The van der Waals surface area contributed by atoms with Crippen molar-refractivity contribution < 1.29 is 28.7 Å². The van der Waals surface area contributed by atoms with Gasteiger partial charge in [-0.2, -0.15) is 0 Å². The summed E-state index contributed by atoms with van der Waals surface area (Å²) in [5, 5.41) is 0. The predicted molar refractivity (Wildman–Crippen MR) is 103 cm³/mol.